The third kappa shape index (κ3) is 2.77. The fourth-order valence-electron chi connectivity index (χ4n) is 1.24. The maximum Gasteiger partial charge on any atom is 0.268 e. The highest BCUT2D eigenvalue weighted by Gasteiger charge is 2.13. The van der Waals surface area contributed by atoms with Gasteiger partial charge in [0.2, 0.25) is 0 Å². The van der Waals surface area contributed by atoms with Crippen molar-refractivity contribution in [1.82, 2.24) is 9.88 Å². The Morgan fingerprint density at radius 1 is 1.80 bits per heavy atom. The van der Waals surface area contributed by atoms with Gasteiger partial charge in [-0.2, -0.15) is 0 Å². The van der Waals surface area contributed by atoms with Gasteiger partial charge in [0.05, 0.1) is 11.1 Å². The van der Waals surface area contributed by atoms with Crippen molar-refractivity contribution in [1.29, 1.82) is 0 Å². The molecule has 4 heteroatoms. The molecule has 15 heavy (non-hydrogen) atoms. The molecule has 1 heterocycles. The molecule has 1 unspecified atom stereocenters. The van der Waals surface area contributed by atoms with Gasteiger partial charge in [0, 0.05) is 13.2 Å². The van der Waals surface area contributed by atoms with Gasteiger partial charge in [-0.05, 0) is 12.5 Å². The Labute approximate surface area is 94.4 Å². The number of hydrogen-bond donors (Lipinski definition) is 1. The standard InChI is InChI=1S/C11H13ClN2O/c1-4-9(5-2)13-11(15)10-6-8(12)7-14(10)3/h1,6-7,9H,5H2,2-3H3,(H,13,15). The van der Waals surface area contributed by atoms with Crippen LogP contribution in [0.1, 0.15) is 23.8 Å². The maximum absolute atomic E-state index is 11.7. The molecule has 0 spiro atoms. The molecule has 3 nitrogen and oxygen atoms in total. The molecular formula is C11H13ClN2O. The van der Waals surface area contributed by atoms with Crippen LogP contribution < -0.4 is 5.32 Å². The molecule has 0 aliphatic carbocycles. The summed E-state index contributed by atoms with van der Waals surface area (Å²) in [5, 5.41) is 3.27. The van der Waals surface area contributed by atoms with Crippen LogP contribution in [0.3, 0.4) is 0 Å². The molecule has 0 bridgehead atoms. The first kappa shape index (κ1) is 11.7. The Kier molecular flexibility index (Phi) is 3.81. The van der Waals surface area contributed by atoms with Crippen molar-refractivity contribution in [3.63, 3.8) is 0 Å². The number of hydrogen-bond acceptors (Lipinski definition) is 1. The summed E-state index contributed by atoms with van der Waals surface area (Å²) in [6, 6.07) is 1.38. The molecule has 1 aromatic heterocycles. The minimum absolute atomic E-state index is 0.200. The molecule has 0 aliphatic heterocycles. The zero-order valence-electron chi connectivity index (χ0n) is 8.75. The first-order chi connectivity index (χ1) is 7.08. The van der Waals surface area contributed by atoms with E-state index in [0.29, 0.717) is 17.1 Å². The van der Waals surface area contributed by atoms with E-state index in [1.807, 2.05) is 6.92 Å². The predicted octanol–water partition coefficient (Wildman–Crippen LogP) is 1.82. The molecule has 0 radical (unpaired) electrons. The van der Waals surface area contributed by atoms with E-state index in [2.05, 4.69) is 11.2 Å². The molecule has 1 atom stereocenters. The predicted molar refractivity (Wildman–Crippen MR) is 60.8 cm³/mol. The van der Waals surface area contributed by atoms with Gasteiger partial charge in [0.15, 0.2) is 0 Å². The van der Waals surface area contributed by atoms with Gasteiger partial charge in [0.1, 0.15) is 5.69 Å². The van der Waals surface area contributed by atoms with E-state index >= 15 is 0 Å². The summed E-state index contributed by atoms with van der Waals surface area (Å²) in [4.78, 5) is 11.7. The third-order valence-corrected chi connectivity index (χ3v) is 2.33. The number of nitrogens with zero attached hydrogens (tertiary/aromatic N) is 1. The number of nitrogens with one attached hydrogen (secondary N) is 1. The van der Waals surface area contributed by atoms with Crippen LogP contribution in [0.5, 0.6) is 0 Å². The molecule has 1 N–H and O–H groups in total. The molecular weight excluding hydrogens is 212 g/mol. The first-order valence-electron chi connectivity index (χ1n) is 4.67. The number of aryl methyl sites for hydroxylation is 1. The topological polar surface area (TPSA) is 34.0 Å². The van der Waals surface area contributed by atoms with Crippen molar-refractivity contribution in [3.8, 4) is 12.3 Å². The van der Waals surface area contributed by atoms with E-state index < -0.39 is 0 Å². The normalized spacial score (nSPS) is 11.9. The van der Waals surface area contributed by atoms with Crippen LogP contribution in [0.25, 0.3) is 0 Å². The van der Waals surface area contributed by atoms with Gasteiger partial charge >= 0.3 is 0 Å². The van der Waals surface area contributed by atoms with E-state index in [4.69, 9.17) is 18.0 Å². The van der Waals surface area contributed by atoms with Crippen molar-refractivity contribution >= 4 is 17.5 Å². The number of carbonyl (C=O) groups excluding carboxylic acids is 1. The Hall–Kier alpha value is -1.40. The lowest BCUT2D eigenvalue weighted by atomic mass is 10.2. The summed E-state index contributed by atoms with van der Waals surface area (Å²) in [6.07, 6.45) is 7.64. The summed E-state index contributed by atoms with van der Waals surface area (Å²) in [6.45, 7) is 1.92. The molecule has 0 fully saturated rings. The molecule has 0 saturated heterocycles. The lowest BCUT2D eigenvalue weighted by molar-refractivity contribution is 0.0937. The summed E-state index contributed by atoms with van der Waals surface area (Å²) in [5.41, 5.74) is 0.508. The van der Waals surface area contributed by atoms with Gasteiger partial charge in [0.25, 0.3) is 5.91 Å². The van der Waals surface area contributed by atoms with Crippen LogP contribution in [-0.4, -0.2) is 16.5 Å². The second-order valence-corrected chi connectivity index (χ2v) is 3.69. The van der Waals surface area contributed by atoms with E-state index in [1.54, 1.807) is 23.9 Å². The summed E-state index contributed by atoms with van der Waals surface area (Å²) < 4.78 is 1.67. The van der Waals surface area contributed by atoms with Crippen molar-refractivity contribution in [2.45, 2.75) is 19.4 Å². The smallest absolute Gasteiger partial charge is 0.268 e. The number of aromatic nitrogens is 1. The Morgan fingerprint density at radius 2 is 2.47 bits per heavy atom. The van der Waals surface area contributed by atoms with Gasteiger partial charge in [-0.1, -0.05) is 24.4 Å². The quantitative estimate of drug-likeness (QED) is 0.781. The molecule has 1 rings (SSSR count). The maximum atomic E-state index is 11.7. The molecule has 0 aliphatic rings. The second kappa shape index (κ2) is 4.90. The van der Waals surface area contributed by atoms with Gasteiger partial charge in [-0.25, -0.2) is 0 Å². The highest BCUT2D eigenvalue weighted by Crippen LogP contribution is 2.12. The van der Waals surface area contributed by atoms with Crippen molar-refractivity contribution in [3.05, 3.63) is 23.0 Å². The van der Waals surface area contributed by atoms with Crippen LogP contribution in [0.4, 0.5) is 0 Å². The number of rotatable bonds is 3. The largest absolute Gasteiger partial charge is 0.345 e. The van der Waals surface area contributed by atoms with Crippen molar-refractivity contribution in [2.24, 2.45) is 7.05 Å². The van der Waals surface area contributed by atoms with Crippen molar-refractivity contribution < 1.29 is 4.79 Å². The van der Waals surface area contributed by atoms with Crippen molar-refractivity contribution in [2.75, 3.05) is 0 Å². The minimum Gasteiger partial charge on any atom is -0.345 e. The van der Waals surface area contributed by atoms with E-state index in [1.165, 1.54) is 0 Å². The monoisotopic (exact) mass is 224 g/mol. The van der Waals surface area contributed by atoms with Crippen LogP contribution in [0.2, 0.25) is 5.02 Å². The summed E-state index contributed by atoms with van der Waals surface area (Å²) in [5.74, 6) is 2.30. The van der Waals surface area contributed by atoms with Crippen LogP contribution in [-0.2, 0) is 7.05 Å². The summed E-state index contributed by atoms with van der Waals surface area (Å²) >= 11 is 5.77. The zero-order valence-corrected chi connectivity index (χ0v) is 9.51. The average molecular weight is 225 g/mol. The Balaban J connectivity index is 2.78. The zero-order chi connectivity index (χ0) is 11.4. The molecule has 1 aromatic rings. The molecule has 80 valence electrons. The minimum atomic E-state index is -0.230. The molecule has 0 aromatic carbocycles. The van der Waals surface area contributed by atoms with E-state index in [0.717, 1.165) is 0 Å². The first-order valence-corrected chi connectivity index (χ1v) is 5.05. The summed E-state index contributed by atoms with van der Waals surface area (Å²) in [7, 11) is 1.76. The third-order valence-electron chi connectivity index (χ3n) is 2.12. The van der Waals surface area contributed by atoms with E-state index in [-0.39, 0.29) is 11.9 Å². The Morgan fingerprint density at radius 3 is 2.87 bits per heavy atom. The van der Waals surface area contributed by atoms with Crippen LogP contribution >= 0.6 is 11.6 Å². The lowest BCUT2D eigenvalue weighted by Gasteiger charge is -2.10. The van der Waals surface area contributed by atoms with E-state index in [9.17, 15) is 4.79 Å². The second-order valence-electron chi connectivity index (χ2n) is 3.26. The fourth-order valence-corrected chi connectivity index (χ4v) is 1.49. The SMILES string of the molecule is C#CC(CC)NC(=O)c1cc(Cl)cn1C. The molecule has 0 saturated carbocycles. The molecule has 1 amide bonds. The van der Waals surface area contributed by atoms with Crippen LogP contribution in [0, 0.1) is 12.3 Å². The number of carbonyl (C=O) groups is 1. The highest BCUT2D eigenvalue weighted by atomic mass is 35.5. The lowest BCUT2D eigenvalue weighted by Crippen LogP contribution is -2.34. The fraction of sp³-hybridized carbons (Fsp3) is 0.364. The average Bonchev–Trinajstić information content (AvgIpc) is 2.54. The highest BCUT2D eigenvalue weighted by molar-refractivity contribution is 6.31. The number of amides is 1. The van der Waals surface area contributed by atoms with Gasteiger partial charge in [-0.3, -0.25) is 4.79 Å². The number of terminal acetylenes is 1. The van der Waals surface area contributed by atoms with Gasteiger partial charge < -0.3 is 9.88 Å². The Bertz CT molecular complexity index is 403. The van der Waals surface area contributed by atoms with Gasteiger partial charge in [-0.15, -0.1) is 6.42 Å². The van der Waals surface area contributed by atoms with Crippen LogP contribution in [0.15, 0.2) is 12.3 Å². The number of halogens is 1.